The SMILES string of the molecule is NC(=S)N/N=C/c1cc(F)c(N2CCC(NCc3cccc(F)c3)C2)cc1F. The fourth-order valence-electron chi connectivity index (χ4n) is 3.11. The van der Waals surface area contributed by atoms with Crippen molar-refractivity contribution in [1.82, 2.24) is 10.7 Å². The van der Waals surface area contributed by atoms with Crippen LogP contribution >= 0.6 is 12.2 Å². The van der Waals surface area contributed by atoms with E-state index in [9.17, 15) is 13.2 Å². The van der Waals surface area contributed by atoms with Crippen LogP contribution in [0.3, 0.4) is 0 Å². The summed E-state index contributed by atoms with van der Waals surface area (Å²) in [7, 11) is 0. The predicted molar refractivity (Wildman–Crippen MR) is 108 cm³/mol. The van der Waals surface area contributed by atoms with Crippen molar-refractivity contribution in [3.63, 3.8) is 0 Å². The van der Waals surface area contributed by atoms with Crippen molar-refractivity contribution in [2.24, 2.45) is 10.8 Å². The molecule has 1 saturated heterocycles. The van der Waals surface area contributed by atoms with Crippen molar-refractivity contribution in [3.05, 3.63) is 65.0 Å². The lowest BCUT2D eigenvalue weighted by molar-refractivity contribution is 0.546. The third-order valence-corrected chi connectivity index (χ3v) is 4.55. The number of hydrazone groups is 1. The smallest absolute Gasteiger partial charge is 0.184 e. The van der Waals surface area contributed by atoms with Crippen LogP contribution in [0.25, 0.3) is 0 Å². The summed E-state index contributed by atoms with van der Waals surface area (Å²) in [6, 6.07) is 8.71. The highest BCUT2D eigenvalue weighted by Gasteiger charge is 2.25. The van der Waals surface area contributed by atoms with Crippen molar-refractivity contribution < 1.29 is 13.2 Å². The van der Waals surface area contributed by atoms with Crippen LogP contribution in [0.1, 0.15) is 17.5 Å². The summed E-state index contributed by atoms with van der Waals surface area (Å²) in [6.45, 7) is 1.63. The number of nitrogens with zero attached hydrogens (tertiary/aromatic N) is 2. The minimum Gasteiger partial charge on any atom is -0.375 e. The second-order valence-electron chi connectivity index (χ2n) is 6.50. The van der Waals surface area contributed by atoms with Crippen molar-refractivity contribution in [2.45, 2.75) is 19.0 Å². The number of benzene rings is 2. The van der Waals surface area contributed by atoms with Crippen LogP contribution in [0.4, 0.5) is 18.9 Å². The van der Waals surface area contributed by atoms with Gasteiger partial charge in [-0.05, 0) is 42.4 Å². The van der Waals surface area contributed by atoms with E-state index in [2.05, 4.69) is 28.1 Å². The Bertz CT molecular complexity index is 890. The summed E-state index contributed by atoms with van der Waals surface area (Å²) in [4.78, 5) is 1.79. The monoisotopic (exact) mass is 407 g/mol. The standard InChI is InChI=1S/C19H20F3N5S/c20-14-3-1-2-12(6-14)9-24-15-4-5-27(11-15)18-8-16(21)13(7-17(18)22)10-25-26-19(23)28/h1-3,6-8,10,15,24H,4-5,9,11H2,(H3,23,26,28)/b25-10+. The Morgan fingerprint density at radius 3 is 2.82 bits per heavy atom. The molecule has 0 aromatic heterocycles. The van der Waals surface area contributed by atoms with Crippen LogP contribution in [-0.2, 0) is 6.54 Å². The van der Waals surface area contributed by atoms with E-state index < -0.39 is 11.6 Å². The van der Waals surface area contributed by atoms with Gasteiger partial charge in [-0.15, -0.1) is 0 Å². The van der Waals surface area contributed by atoms with E-state index in [0.29, 0.717) is 19.6 Å². The fourth-order valence-corrected chi connectivity index (χ4v) is 3.17. The lowest BCUT2D eigenvalue weighted by atomic mass is 10.2. The second kappa shape index (κ2) is 9.03. The Kier molecular flexibility index (Phi) is 6.48. The van der Waals surface area contributed by atoms with E-state index in [1.807, 2.05) is 6.07 Å². The number of nitrogens with two attached hydrogens (primary N) is 1. The Morgan fingerprint density at radius 1 is 1.25 bits per heavy atom. The maximum absolute atomic E-state index is 14.5. The summed E-state index contributed by atoms with van der Waals surface area (Å²) in [5.74, 6) is -1.41. The van der Waals surface area contributed by atoms with Gasteiger partial charge < -0.3 is 16.0 Å². The second-order valence-corrected chi connectivity index (χ2v) is 6.94. The van der Waals surface area contributed by atoms with Gasteiger partial charge in [-0.2, -0.15) is 5.10 Å². The van der Waals surface area contributed by atoms with Gasteiger partial charge >= 0.3 is 0 Å². The highest BCUT2D eigenvalue weighted by molar-refractivity contribution is 7.80. The molecular weight excluding hydrogens is 387 g/mol. The maximum Gasteiger partial charge on any atom is 0.184 e. The molecule has 2 aromatic carbocycles. The number of nitrogens with one attached hydrogen (secondary N) is 2. The van der Waals surface area contributed by atoms with Crippen molar-refractivity contribution in [3.8, 4) is 0 Å². The fraction of sp³-hybridized carbons (Fsp3) is 0.263. The molecule has 28 heavy (non-hydrogen) atoms. The molecule has 1 aliphatic heterocycles. The molecule has 3 rings (SSSR count). The summed E-state index contributed by atoms with van der Waals surface area (Å²) in [5, 5.41) is 6.91. The first-order valence-corrected chi connectivity index (χ1v) is 9.13. The molecule has 0 amide bonds. The van der Waals surface area contributed by atoms with Gasteiger partial charge in [0.1, 0.15) is 17.5 Å². The van der Waals surface area contributed by atoms with Crippen LogP contribution in [0, 0.1) is 17.5 Å². The third kappa shape index (κ3) is 5.20. The Labute approximate surface area is 166 Å². The first kappa shape index (κ1) is 20.1. The first-order valence-electron chi connectivity index (χ1n) is 8.72. The zero-order chi connectivity index (χ0) is 20.1. The lowest BCUT2D eigenvalue weighted by Gasteiger charge is -2.20. The molecule has 0 bridgehead atoms. The van der Waals surface area contributed by atoms with E-state index in [4.69, 9.17) is 5.73 Å². The molecule has 0 aliphatic carbocycles. The van der Waals surface area contributed by atoms with Crippen LogP contribution in [0.2, 0.25) is 0 Å². The highest BCUT2D eigenvalue weighted by atomic mass is 32.1. The molecule has 1 heterocycles. The largest absolute Gasteiger partial charge is 0.375 e. The van der Waals surface area contributed by atoms with E-state index >= 15 is 0 Å². The highest BCUT2D eigenvalue weighted by Crippen LogP contribution is 2.26. The molecule has 5 nitrogen and oxygen atoms in total. The summed E-state index contributed by atoms with van der Waals surface area (Å²) in [6.07, 6.45) is 1.89. The van der Waals surface area contributed by atoms with Gasteiger partial charge in [0, 0.05) is 37.3 Å². The molecule has 0 saturated carbocycles. The Hall–Kier alpha value is -2.65. The number of halogens is 3. The molecule has 0 radical (unpaired) electrons. The molecule has 1 unspecified atom stereocenters. The predicted octanol–water partition coefficient (Wildman–Crippen LogP) is 2.64. The molecule has 9 heteroatoms. The normalized spacial score (nSPS) is 16.7. The summed E-state index contributed by atoms with van der Waals surface area (Å²) < 4.78 is 42.0. The molecule has 4 N–H and O–H groups in total. The molecule has 1 atom stereocenters. The minimum atomic E-state index is -0.596. The van der Waals surface area contributed by atoms with Crippen LogP contribution in [0.15, 0.2) is 41.5 Å². The Balaban J connectivity index is 1.62. The summed E-state index contributed by atoms with van der Waals surface area (Å²) >= 11 is 4.59. The number of rotatable bonds is 6. The molecule has 1 fully saturated rings. The van der Waals surface area contributed by atoms with Crippen LogP contribution < -0.4 is 21.4 Å². The van der Waals surface area contributed by atoms with Gasteiger partial charge in [0.15, 0.2) is 5.11 Å². The Morgan fingerprint density at radius 2 is 2.07 bits per heavy atom. The third-order valence-electron chi connectivity index (χ3n) is 4.46. The lowest BCUT2D eigenvalue weighted by Crippen LogP contribution is -2.32. The number of anilines is 1. The van der Waals surface area contributed by atoms with Gasteiger partial charge in [-0.25, -0.2) is 13.2 Å². The van der Waals surface area contributed by atoms with Gasteiger partial charge in [0.2, 0.25) is 0 Å². The molecule has 2 aromatic rings. The molecule has 0 spiro atoms. The average Bonchev–Trinajstić information content (AvgIpc) is 3.11. The van der Waals surface area contributed by atoms with Gasteiger partial charge in [0.25, 0.3) is 0 Å². The average molecular weight is 407 g/mol. The van der Waals surface area contributed by atoms with Gasteiger partial charge in [-0.1, -0.05) is 12.1 Å². The van der Waals surface area contributed by atoms with Crippen molar-refractivity contribution in [1.29, 1.82) is 0 Å². The zero-order valence-electron chi connectivity index (χ0n) is 15.0. The molecule has 148 valence electrons. The van der Waals surface area contributed by atoms with Crippen LogP contribution in [-0.4, -0.2) is 30.5 Å². The number of hydrogen-bond acceptors (Lipinski definition) is 4. The quantitative estimate of drug-likeness (QED) is 0.390. The van der Waals surface area contributed by atoms with Crippen LogP contribution in [0.5, 0.6) is 0 Å². The topological polar surface area (TPSA) is 65.7 Å². The van der Waals surface area contributed by atoms with E-state index in [1.54, 1.807) is 11.0 Å². The molecule has 1 aliphatic rings. The number of thiocarbonyl (C=S) groups is 1. The van der Waals surface area contributed by atoms with E-state index in [-0.39, 0.29) is 28.2 Å². The first-order chi connectivity index (χ1) is 13.4. The minimum absolute atomic E-state index is 0.00928. The zero-order valence-corrected chi connectivity index (χ0v) is 15.8. The van der Waals surface area contributed by atoms with Gasteiger partial charge in [-0.3, -0.25) is 5.43 Å². The van der Waals surface area contributed by atoms with Gasteiger partial charge in [0.05, 0.1) is 11.9 Å². The van der Waals surface area contributed by atoms with Crippen molar-refractivity contribution in [2.75, 3.05) is 18.0 Å². The van der Waals surface area contributed by atoms with Crippen molar-refractivity contribution >= 4 is 29.2 Å². The summed E-state index contributed by atoms with van der Waals surface area (Å²) in [5.41, 5.74) is 8.55. The van der Waals surface area contributed by atoms with E-state index in [1.165, 1.54) is 12.1 Å². The molecular formula is C19H20F3N5S. The number of hydrogen-bond donors (Lipinski definition) is 3. The maximum atomic E-state index is 14.5. The van der Waals surface area contributed by atoms with E-state index in [0.717, 1.165) is 30.3 Å².